The summed E-state index contributed by atoms with van der Waals surface area (Å²) < 4.78 is 0. The smallest absolute Gasteiger partial charge is 0.346 e. The van der Waals surface area contributed by atoms with Crippen LogP contribution in [0, 0.1) is 0 Å². The molecule has 3 aliphatic rings. The number of rotatable bonds is 1. The zero-order valence-corrected chi connectivity index (χ0v) is 10.5. The number of nitrogens with zero attached hydrogens (tertiary/aromatic N) is 3. The first-order valence-corrected chi connectivity index (χ1v) is 6.00. The van der Waals surface area contributed by atoms with E-state index in [0.717, 1.165) is 17.9 Å². The molecule has 0 saturated carbocycles. The molecule has 0 aromatic carbocycles. The largest absolute Gasteiger partial charge is 0.356 e. The molecule has 1 unspecified atom stereocenters. The van der Waals surface area contributed by atoms with Crippen molar-refractivity contribution < 1.29 is 4.79 Å². The first-order chi connectivity index (χ1) is 8.66. The van der Waals surface area contributed by atoms with Crippen LogP contribution in [0.3, 0.4) is 0 Å². The summed E-state index contributed by atoms with van der Waals surface area (Å²) in [4.78, 5) is 16.0. The van der Waals surface area contributed by atoms with E-state index in [1.807, 2.05) is 49.4 Å². The molecule has 1 saturated heterocycles. The van der Waals surface area contributed by atoms with Crippen molar-refractivity contribution in [1.82, 2.24) is 20.2 Å². The Bertz CT molecular complexity index is 503. The Morgan fingerprint density at radius 1 is 1.44 bits per heavy atom. The number of likely N-dealkylation sites (N-methyl/N-ethyl adjacent to an activating group) is 1. The highest BCUT2D eigenvalue weighted by atomic mass is 16.2. The zero-order chi connectivity index (χ0) is 12.7. The number of carbonyl (C=O) groups excluding carboxylic acids is 1. The van der Waals surface area contributed by atoms with Crippen molar-refractivity contribution in [3.8, 4) is 0 Å². The van der Waals surface area contributed by atoms with Gasteiger partial charge in [0.25, 0.3) is 0 Å². The summed E-state index contributed by atoms with van der Waals surface area (Å²) in [6.07, 6.45) is 11.7. The molecule has 0 aromatic rings. The van der Waals surface area contributed by atoms with Gasteiger partial charge in [0, 0.05) is 19.8 Å². The van der Waals surface area contributed by atoms with Gasteiger partial charge in [-0.2, -0.15) is 5.43 Å². The van der Waals surface area contributed by atoms with Crippen molar-refractivity contribution >= 4 is 6.03 Å². The highest BCUT2D eigenvalue weighted by Crippen LogP contribution is 2.23. The minimum Gasteiger partial charge on any atom is -0.356 e. The second-order valence-corrected chi connectivity index (χ2v) is 4.66. The third kappa shape index (κ3) is 1.64. The molecule has 0 bridgehead atoms. The second-order valence-electron chi connectivity index (χ2n) is 4.66. The number of hydrazine groups is 1. The highest BCUT2D eigenvalue weighted by Gasteiger charge is 2.38. The Morgan fingerprint density at radius 3 is 3.06 bits per heavy atom. The molecule has 1 fully saturated rings. The van der Waals surface area contributed by atoms with Crippen LogP contribution in [-0.4, -0.2) is 40.6 Å². The summed E-state index contributed by atoms with van der Waals surface area (Å²) in [7, 11) is 1.97. The van der Waals surface area contributed by atoms with Crippen LogP contribution in [0.25, 0.3) is 0 Å². The molecule has 0 aliphatic carbocycles. The van der Waals surface area contributed by atoms with Gasteiger partial charge in [-0.15, -0.1) is 0 Å². The molecule has 1 atom stereocenters. The van der Waals surface area contributed by atoms with Crippen molar-refractivity contribution in [2.45, 2.75) is 13.1 Å². The molecule has 2 amide bonds. The van der Waals surface area contributed by atoms with E-state index in [-0.39, 0.29) is 12.2 Å². The van der Waals surface area contributed by atoms with E-state index in [1.165, 1.54) is 0 Å². The number of fused-ring (bicyclic) bond motifs is 1. The lowest BCUT2D eigenvalue weighted by atomic mass is 10.2. The molecule has 3 heterocycles. The van der Waals surface area contributed by atoms with Gasteiger partial charge in [0.2, 0.25) is 0 Å². The van der Waals surface area contributed by atoms with Crippen LogP contribution in [0.15, 0.2) is 48.0 Å². The maximum Gasteiger partial charge on any atom is 0.346 e. The van der Waals surface area contributed by atoms with Crippen LogP contribution in [-0.2, 0) is 0 Å². The van der Waals surface area contributed by atoms with Crippen LogP contribution in [0.2, 0.25) is 0 Å². The fourth-order valence-electron chi connectivity index (χ4n) is 2.26. The average Bonchev–Trinajstić information content (AvgIpc) is 2.67. The Kier molecular flexibility index (Phi) is 2.48. The molecule has 0 aromatic heterocycles. The van der Waals surface area contributed by atoms with E-state index in [1.54, 1.807) is 9.91 Å². The topological polar surface area (TPSA) is 38.8 Å². The summed E-state index contributed by atoms with van der Waals surface area (Å²) in [6.45, 7) is 2.84. The van der Waals surface area contributed by atoms with Gasteiger partial charge in [0.1, 0.15) is 12.0 Å². The molecule has 0 radical (unpaired) electrons. The lowest BCUT2D eigenvalue weighted by Gasteiger charge is -2.29. The van der Waals surface area contributed by atoms with Crippen LogP contribution in [0.1, 0.15) is 6.92 Å². The molecule has 18 heavy (non-hydrogen) atoms. The first-order valence-electron chi connectivity index (χ1n) is 6.00. The Balaban J connectivity index is 1.88. The number of carbonyl (C=O) groups is 1. The van der Waals surface area contributed by atoms with Gasteiger partial charge in [-0.3, -0.25) is 4.90 Å². The van der Waals surface area contributed by atoms with Gasteiger partial charge < -0.3 is 4.90 Å². The third-order valence-electron chi connectivity index (χ3n) is 3.27. The van der Waals surface area contributed by atoms with Gasteiger partial charge in [-0.1, -0.05) is 17.7 Å². The van der Waals surface area contributed by atoms with E-state index < -0.39 is 0 Å². The fourth-order valence-corrected chi connectivity index (χ4v) is 2.26. The number of nitrogens with one attached hydrogen (secondary N) is 1. The predicted molar refractivity (Wildman–Crippen MR) is 68.7 cm³/mol. The maximum absolute atomic E-state index is 12.3. The normalized spacial score (nSPS) is 26.4. The molecule has 3 rings (SSSR count). The molecule has 5 heteroatoms. The number of amides is 2. The molecular weight excluding hydrogens is 228 g/mol. The van der Waals surface area contributed by atoms with E-state index in [2.05, 4.69) is 11.5 Å². The number of urea groups is 1. The fraction of sp³-hybridized carbons (Fsp3) is 0.308. The second kappa shape index (κ2) is 4.03. The van der Waals surface area contributed by atoms with Crippen molar-refractivity contribution in [3.63, 3.8) is 0 Å². The monoisotopic (exact) mass is 244 g/mol. The SMILES string of the molecule is CC1=CC2NN(C3=CC=CCN3C)C(=O)N2C=C1. The Labute approximate surface area is 106 Å². The first kappa shape index (κ1) is 11.1. The van der Waals surface area contributed by atoms with Gasteiger partial charge in [-0.25, -0.2) is 9.80 Å². The summed E-state index contributed by atoms with van der Waals surface area (Å²) in [5.41, 5.74) is 4.37. The summed E-state index contributed by atoms with van der Waals surface area (Å²) >= 11 is 0. The van der Waals surface area contributed by atoms with E-state index in [9.17, 15) is 4.79 Å². The molecule has 3 aliphatic heterocycles. The summed E-state index contributed by atoms with van der Waals surface area (Å²) in [5.74, 6) is 0.872. The zero-order valence-electron chi connectivity index (χ0n) is 10.5. The van der Waals surface area contributed by atoms with Crippen LogP contribution in [0.5, 0.6) is 0 Å². The van der Waals surface area contributed by atoms with E-state index in [4.69, 9.17) is 0 Å². The van der Waals surface area contributed by atoms with Crippen molar-refractivity contribution in [2.75, 3.05) is 13.6 Å². The summed E-state index contributed by atoms with van der Waals surface area (Å²) in [5, 5.41) is 1.60. The standard InChI is InChI=1S/C13H16N4O/c1-10-6-8-16-11(9-10)14-17(13(16)18)12-5-3-4-7-15(12)2/h3-6,8-9,11,14H,7H2,1-2H3. The predicted octanol–water partition coefficient (Wildman–Crippen LogP) is 1.37. The van der Waals surface area contributed by atoms with Crippen LogP contribution in [0.4, 0.5) is 4.79 Å². The van der Waals surface area contributed by atoms with E-state index in [0.29, 0.717) is 0 Å². The molecule has 5 nitrogen and oxygen atoms in total. The molecule has 1 N–H and O–H groups in total. The minimum absolute atomic E-state index is 0.0478. The quantitative estimate of drug-likeness (QED) is 0.757. The van der Waals surface area contributed by atoms with Crippen molar-refractivity contribution in [1.29, 1.82) is 0 Å². The van der Waals surface area contributed by atoms with Crippen LogP contribution >= 0.6 is 0 Å². The average molecular weight is 244 g/mol. The maximum atomic E-state index is 12.3. The molecule has 0 spiro atoms. The number of allylic oxidation sites excluding steroid dienone is 4. The van der Waals surface area contributed by atoms with E-state index >= 15 is 0 Å². The lowest BCUT2D eigenvalue weighted by molar-refractivity contribution is 0.188. The Hall–Kier alpha value is -2.01. The van der Waals surface area contributed by atoms with Gasteiger partial charge in [0.05, 0.1) is 0 Å². The van der Waals surface area contributed by atoms with Crippen molar-refractivity contribution in [3.05, 3.63) is 48.0 Å². The molecule has 94 valence electrons. The van der Waals surface area contributed by atoms with Crippen LogP contribution < -0.4 is 5.43 Å². The van der Waals surface area contributed by atoms with Crippen molar-refractivity contribution in [2.24, 2.45) is 0 Å². The van der Waals surface area contributed by atoms with Gasteiger partial charge in [0.15, 0.2) is 0 Å². The lowest BCUT2D eigenvalue weighted by Crippen LogP contribution is -2.42. The van der Waals surface area contributed by atoms with Gasteiger partial charge in [-0.05, 0) is 25.2 Å². The third-order valence-corrected chi connectivity index (χ3v) is 3.27. The Morgan fingerprint density at radius 2 is 2.28 bits per heavy atom. The summed E-state index contributed by atoms with van der Waals surface area (Å²) in [6, 6.07) is -0.0478. The highest BCUT2D eigenvalue weighted by molar-refractivity contribution is 5.80. The molecular formula is C13H16N4O. The minimum atomic E-state index is -0.0808. The van der Waals surface area contributed by atoms with Gasteiger partial charge >= 0.3 is 6.03 Å². The number of hydrogen-bond acceptors (Lipinski definition) is 3. The number of hydrogen-bond donors (Lipinski definition) is 1.